The topological polar surface area (TPSA) is 78.1 Å². The summed E-state index contributed by atoms with van der Waals surface area (Å²) in [6.45, 7) is 1.52. The van der Waals surface area contributed by atoms with E-state index in [9.17, 15) is 10.1 Å². The largest absolute Gasteiger partial charge is 0.353 e. The fraction of sp³-hybridized carbons (Fsp3) is 0.412. The lowest BCUT2D eigenvalue weighted by molar-refractivity contribution is 0.0717. The molecule has 2 aromatic rings. The van der Waals surface area contributed by atoms with Gasteiger partial charge in [0.25, 0.3) is 5.91 Å². The van der Waals surface area contributed by atoms with Crippen molar-refractivity contribution in [1.29, 1.82) is 5.26 Å². The van der Waals surface area contributed by atoms with E-state index >= 15 is 0 Å². The molecule has 0 aliphatic carbocycles. The summed E-state index contributed by atoms with van der Waals surface area (Å²) in [7, 11) is 3.62. The monoisotopic (exact) mass is 324 g/mol. The molecule has 0 saturated carbocycles. The van der Waals surface area contributed by atoms with Crippen LogP contribution in [0, 0.1) is 11.3 Å². The maximum Gasteiger partial charge on any atom is 0.257 e. The molecule has 0 aromatic carbocycles. The van der Waals surface area contributed by atoms with Gasteiger partial charge in [-0.05, 0) is 25.0 Å². The number of nitriles is 1. The lowest BCUT2D eigenvalue weighted by Gasteiger charge is -2.38. The first kappa shape index (κ1) is 16.0. The van der Waals surface area contributed by atoms with Crippen molar-refractivity contribution < 1.29 is 4.79 Å². The number of likely N-dealkylation sites (N-methyl/N-ethyl adjacent to an activating group) is 1. The van der Waals surface area contributed by atoms with Crippen LogP contribution in [0.1, 0.15) is 28.8 Å². The van der Waals surface area contributed by atoms with Crippen molar-refractivity contribution in [2.24, 2.45) is 7.05 Å². The Balaban J connectivity index is 1.76. The van der Waals surface area contributed by atoms with Crippen LogP contribution in [0.4, 0.5) is 5.82 Å². The Hall–Kier alpha value is -2.88. The van der Waals surface area contributed by atoms with Crippen LogP contribution in [0.15, 0.2) is 30.7 Å². The highest BCUT2D eigenvalue weighted by Gasteiger charge is 2.28. The van der Waals surface area contributed by atoms with Crippen molar-refractivity contribution in [1.82, 2.24) is 19.7 Å². The third-order valence-electron chi connectivity index (χ3n) is 4.42. The van der Waals surface area contributed by atoms with E-state index in [-0.39, 0.29) is 11.9 Å². The van der Waals surface area contributed by atoms with Crippen molar-refractivity contribution in [3.8, 4) is 6.07 Å². The minimum Gasteiger partial charge on any atom is -0.353 e. The molecular formula is C17H20N6O. The first-order valence-electron chi connectivity index (χ1n) is 7.96. The van der Waals surface area contributed by atoms with Gasteiger partial charge in [-0.3, -0.25) is 9.48 Å². The zero-order valence-corrected chi connectivity index (χ0v) is 13.9. The van der Waals surface area contributed by atoms with E-state index in [2.05, 4.69) is 21.1 Å². The molecule has 0 bridgehead atoms. The molecule has 1 amide bonds. The zero-order valence-electron chi connectivity index (χ0n) is 13.9. The molecule has 1 aliphatic rings. The molecule has 7 nitrogen and oxygen atoms in total. The standard InChI is InChI=1S/C17H20N6O/c1-21-11-14(10-20-21)17(24)22(2)15-6-4-8-23(12-15)16-13(9-18)5-3-7-19-16/h3,5,7,10-11,15H,4,6,8,12H2,1-2H3. The number of rotatable bonds is 3. The Morgan fingerprint density at radius 2 is 2.33 bits per heavy atom. The van der Waals surface area contributed by atoms with Crippen LogP contribution in [0.2, 0.25) is 0 Å². The fourth-order valence-electron chi connectivity index (χ4n) is 3.10. The number of hydrogen-bond donors (Lipinski definition) is 0. The molecule has 7 heteroatoms. The Labute approximate surface area is 141 Å². The van der Waals surface area contributed by atoms with Crippen LogP contribution in [-0.2, 0) is 7.05 Å². The molecule has 0 N–H and O–H groups in total. The molecule has 3 rings (SSSR count). The second kappa shape index (κ2) is 6.71. The number of amides is 1. The molecular weight excluding hydrogens is 304 g/mol. The summed E-state index contributed by atoms with van der Waals surface area (Å²) in [5.74, 6) is 0.670. The molecule has 1 unspecified atom stereocenters. The lowest BCUT2D eigenvalue weighted by Crippen LogP contribution is -2.49. The maximum absolute atomic E-state index is 12.6. The van der Waals surface area contributed by atoms with E-state index in [1.165, 1.54) is 0 Å². The van der Waals surface area contributed by atoms with Crippen LogP contribution in [0.5, 0.6) is 0 Å². The molecule has 1 atom stereocenters. The molecule has 0 radical (unpaired) electrons. The van der Waals surface area contributed by atoms with Gasteiger partial charge in [-0.25, -0.2) is 4.98 Å². The van der Waals surface area contributed by atoms with Crippen LogP contribution in [-0.4, -0.2) is 51.8 Å². The van der Waals surface area contributed by atoms with Gasteiger partial charge in [0.1, 0.15) is 11.9 Å². The number of carbonyl (C=O) groups excluding carboxylic acids is 1. The quantitative estimate of drug-likeness (QED) is 0.853. The molecule has 1 aliphatic heterocycles. The van der Waals surface area contributed by atoms with Gasteiger partial charge in [-0.1, -0.05) is 0 Å². The summed E-state index contributed by atoms with van der Waals surface area (Å²) in [5, 5.41) is 13.3. The minimum atomic E-state index is -0.0310. The number of carbonyl (C=O) groups is 1. The number of anilines is 1. The fourth-order valence-corrected chi connectivity index (χ4v) is 3.10. The molecule has 1 saturated heterocycles. The summed E-state index contributed by atoms with van der Waals surface area (Å²) < 4.78 is 1.63. The smallest absolute Gasteiger partial charge is 0.257 e. The SMILES string of the molecule is CN(C(=O)c1cnn(C)c1)C1CCCN(c2ncccc2C#N)C1. The van der Waals surface area contributed by atoms with Gasteiger partial charge in [0.15, 0.2) is 0 Å². The van der Waals surface area contributed by atoms with Gasteiger partial charge in [0.2, 0.25) is 0 Å². The zero-order chi connectivity index (χ0) is 17.1. The van der Waals surface area contributed by atoms with Crippen molar-refractivity contribution >= 4 is 11.7 Å². The second-order valence-corrected chi connectivity index (χ2v) is 6.05. The van der Waals surface area contributed by atoms with Gasteiger partial charge in [0.05, 0.1) is 17.3 Å². The van der Waals surface area contributed by atoms with Crippen LogP contribution in [0.3, 0.4) is 0 Å². The normalized spacial score (nSPS) is 17.4. The predicted octanol–water partition coefficient (Wildman–Crippen LogP) is 1.43. The van der Waals surface area contributed by atoms with Gasteiger partial charge >= 0.3 is 0 Å². The average molecular weight is 324 g/mol. The van der Waals surface area contributed by atoms with Crippen molar-refractivity contribution in [2.75, 3.05) is 25.0 Å². The number of aryl methyl sites for hydroxylation is 1. The average Bonchev–Trinajstić information content (AvgIpc) is 3.07. The van der Waals surface area contributed by atoms with Crippen LogP contribution >= 0.6 is 0 Å². The third kappa shape index (κ3) is 3.08. The number of hydrogen-bond acceptors (Lipinski definition) is 5. The summed E-state index contributed by atoms with van der Waals surface area (Å²) in [6.07, 6.45) is 6.91. The van der Waals surface area contributed by atoms with E-state index in [0.29, 0.717) is 23.5 Å². The van der Waals surface area contributed by atoms with Crippen LogP contribution in [0.25, 0.3) is 0 Å². The number of aromatic nitrogens is 3. The van der Waals surface area contributed by atoms with E-state index in [1.807, 2.05) is 7.05 Å². The molecule has 24 heavy (non-hydrogen) atoms. The van der Waals surface area contributed by atoms with Gasteiger partial charge in [0, 0.05) is 45.6 Å². The Morgan fingerprint density at radius 3 is 3.04 bits per heavy atom. The number of piperidine rings is 1. The molecule has 1 fully saturated rings. The lowest BCUT2D eigenvalue weighted by atomic mass is 10.0. The van der Waals surface area contributed by atoms with Gasteiger partial charge < -0.3 is 9.80 Å². The summed E-state index contributed by atoms with van der Waals surface area (Å²) in [6, 6.07) is 5.82. The highest BCUT2D eigenvalue weighted by molar-refractivity contribution is 5.93. The van der Waals surface area contributed by atoms with Crippen LogP contribution < -0.4 is 4.90 Å². The van der Waals surface area contributed by atoms with Crippen molar-refractivity contribution in [3.05, 3.63) is 41.9 Å². The summed E-state index contributed by atoms with van der Waals surface area (Å²) >= 11 is 0. The molecule has 0 spiro atoms. The van der Waals surface area contributed by atoms with E-state index in [0.717, 1.165) is 19.4 Å². The minimum absolute atomic E-state index is 0.0310. The first-order valence-corrected chi connectivity index (χ1v) is 7.96. The second-order valence-electron chi connectivity index (χ2n) is 6.05. The van der Waals surface area contributed by atoms with Crippen molar-refractivity contribution in [2.45, 2.75) is 18.9 Å². The molecule has 3 heterocycles. The van der Waals surface area contributed by atoms with Gasteiger partial charge in [-0.2, -0.15) is 10.4 Å². The first-order chi connectivity index (χ1) is 11.6. The summed E-state index contributed by atoms with van der Waals surface area (Å²) in [4.78, 5) is 20.8. The van der Waals surface area contributed by atoms with Crippen molar-refractivity contribution in [3.63, 3.8) is 0 Å². The predicted molar refractivity (Wildman–Crippen MR) is 89.5 cm³/mol. The molecule has 2 aromatic heterocycles. The van der Waals surface area contributed by atoms with E-state index in [4.69, 9.17) is 0 Å². The Bertz CT molecular complexity index is 777. The van der Waals surface area contributed by atoms with E-state index in [1.54, 1.807) is 47.4 Å². The highest BCUT2D eigenvalue weighted by Crippen LogP contribution is 2.23. The Morgan fingerprint density at radius 1 is 1.50 bits per heavy atom. The summed E-state index contributed by atoms with van der Waals surface area (Å²) in [5.41, 5.74) is 1.16. The van der Waals surface area contributed by atoms with E-state index < -0.39 is 0 Å². The third-order valence-corrected chi connectivity index (χ3v) is 4.42. The number of nitrogens with zero attached hydrogens (tertiary/aromatic N) is 6. The maximum atomic E-state index is 12.6. The Kier molecular flexibility index (Phi) is 4.47. The number of pyridine rings is 1. The highest BCUT2D eigenvalue weighted by atomic mass is 16.2. The molecule has 124 valence electrons. The van der Waals surface area contributed by atoms with Gasteiger partial charge in [-0.15, -0.1) is 0 Å².